The number of fused-ring (bicyclic) bond motifs is 1. The molecular formula is C7H8N2S. The molecule has 0 saturated carbocycles. The Morgan fingerprint density at radius 1 is 1.60 bits per heavy atom. The van der Waals surface area contributed by atoms with Crippen LogP contribution < -0.4 is 5.73 Å². The van der Waals surface area contributed by atoms with E-state index in [0.29, 0.717) is 6.54 Å². The summed E-state index contributed by atoms with van der Waals surface area (Å²) >= 11 is 1.75. The molecule has 3 heteroatoms. The van der Waals surface area contributed by atoms with Gasteiger partial charge < -0.3 is 10.7 Å². The average Bonchev–Trinajstić information content (AvgIpc) is 2.42. The Bertz CT molecular complexity index is 305. The van der Waals surface area contributed by atoms with Gasteiger partial charge in [0.2, 0.25) is 0 Å². The smallest absolute Gasteiger partial charge is 0.0566 e. The number of H-pyrrole nitrogens is 1. The number of hydrogen-bond acceptors (Lipinski definition) is 2. The number of rotatable bonds is 1. The first-order valence-corrected chi connectivity index (χ1v) is 3.97. The van der Waals surface area contributed by atoms with E-state index in [1.54, 1.807) is 11.3 Å². The van der Waals surface area contributed by atoms with E-state index in [1.807, 2.05) is 6.20 Å². The lowest BCUT2D eigenvalue weighted by molar-refractivity contribution is 1.11. The molecule has 2 rings (SSSR count). The van der Waals surface area contributed by atoms with Crippen molar-refractivity contribution in [2.24, 2.45) is 5.73 Å². The molecule has 52 valence electrons. The second-order valence-electron chi connectivity index (χ2n) is 2.17. The highest BCUT2D eigenvalue weighted by atomic mass is 32.1. The van der Waals surface area contributed by atoms with Crippen molar-refractivity contribution in [3.8, 4) is 0 Å². The van der Waals surface area contributed by atoms with E-state index >= 15 is 0 Å². The minimum atomic E-state index is 0.646. The molecule has 3 N–H and O–H groups in total. The predicted octanol–water partition coefficient (Wildman–Crippen LogP) is 1.69. The average molecular weight is 152 g/mol. The van der Waals surface area contributed by atoms with Crippen molar-refractivity contribution in [2.45, 2.75) is 6.54 Å². The molecule has 0 amide bonds. The molecule has 0 atom stereocenters. The molecule has 0 bridgehead atoms. The van der Waals surface area contributed by atoms with Crippen LogP contribution in [0, 0.1) is 0 Å². The molecule has 0 spiro atoms. The van der Waals surface area contributed by atoms with Gasteiger partial charge in [-0.15, -0.1) is 11.3 Å². The van der Waals surface area contributed by atoms with Crippen LogP contribution in [0.1, 0.15) is 4.88 Å². The maximum atomic E-state index is 5.47. The molecule has 0 saturated heterocycles. The number of nitrogens with two attached hydrogens (primary N) is 1. The molecule has 0 aliphatic rings. The van der Waals surface area contributed by atoms with Crippen molar-refractivity contribution in [1.29, 1.82) is 0 Å². The highest BCUT2D eigenvalue weighted by molar-refractivity contribution is 7.19. The van der Waals surface area contributed by atoms with Crippen LogP contribution in [0.2, 0.25) is 0 Å². The Kier molecular flexibility index (Phi) is 1.25. The van der Waals surface area contributed by atoms with E-state index in [0.717, 1.165) is 0 Å². The number of nitrogens with one attached hydrogen (secondary N) is 1. The number of thiophene rings is 1. The van der Waals surface area contributed by atoms with Gasteiger partial charge in [0.15, 0.2) is 0 Å². The van der Waals surface area contributed by atoms with Gasteiger partial charge in [0.25, 0.3) is 0 Å². The third kappa shape index (κ3) is 0.751. The first kappa shape index (κ1) is 5.95. The second kappa shape index (κ2) is 2.11. The molecule has 0 radical (unpaired) electrons. The predicted molar refractivity (Wildman–Crippen MR) is 44.1 cm³/mol. The van der Waals surface area contributed by atoms with Crippen LogP contribution in [0.25, 0.3) is 10.2 Å². The Morgan fingerprint density at radius 2 is 2.50 bits per heavy atom. The fourth-order valence-electron chi connectivity index (χ4n) is 1.00. The van der Waals surface area contributed by atoms with Gasteiger partial charge in [-0.2, -0.15) is 0 Å². The minimum absolute atomic E-state index is 0.646. The van der Waals surface area contributed by atoms with Gasteiger partial charge in [0.1, 0.15) is 0 Å². The van der Waals surface area contributed by atoms with Gasteiger partial charge in [0, 0.05) is 17.6 Å². The largest absolute Gasteiger partial charge is 0.360 e. The van der Waals surface area contributed by atoms with E-state index in [9.17, 15) is 0 Å². The van der Waals surface area contributed by atoms with Crippen molar-refractivity contribution in [3.63, 3.8) is 0 Å². The van der Waals surface area contributed by atoms with E-state index in [1.165, 1.54) is 15.1 Å². The molecule has 0 aliphatic carbocycles. The van der Waals surface area contributed by atoms with E-state index in [2.05, 4.69) is 17.1 Å². The highest BCUT2D eigenvalue weighted by Crippen LogP contribution is 2.23. The molecule has 2 aromatic rings. The maximum absolute atomic E-state index is 5.47. The molecule has 0 aliphatic heterocycles. The Balaban J connectivity index is 2.67. The van der Waals surface area contributed by atoms with Crippen molar-refractivity contribution < 1.29 is 0 Å². The van der Waals surface area contributed by atoms with Crippen molar-refractivity contribution >= 4 is 21.6 Å². The van der Waals surface area contributed by atoms with E-state index in [-0.39, 0.29) is 0 Å². The van der Waals surface area contributed by atoms with Crippen molar-refractivity contribution in [2.75, 3.05) is 0 Å². The Labute approximate surface area is 62.7 Å². The summed E-state index contributed by atoms with van der Waals surface area (Å²) in [4.78, 5) is 4.37. The van der Waals surface area contributed by atoms with E-state index in [4.69, 9.17) is 5.73 Å². The van der Waals surface area contributed by atoms with Gasteiger partial charge in [-0.05, 0) is 12.1 Å². The first-order chi connectivity index (χ1) is 4.90. The third-order valence-corrected chi connectivity index (χ3v) is 2.61. The van der Waals surface area contributed by atoms with Gasteiger partial charge in [0.05, 0.1) is 10.2 Å². The van der Waals surface area contributed by atoms with Crippen LogP contribution in [-0.4, -0.2) is 4.98 Å². The summed E-state index contributed by atoms with van der Waals surface area (Å²) in [5.41, 5.74) is 6.67. The molecule has 0 fully saturated rings. The topological polar surface area (TPSA) is 41.8 Å². The van der Waals surface area contributed by atoms with Crippen molar-refractivity contribution in [1.82, 2.24) is 4.98 Å². The summed E-state index contributed by atoms with van der Waals surface area (Å²) in [6, 6.07) is 4.17. The Hall–Kier alpha value is -0.800. The number of aromatic nitrogens is 1. The molecule has 0 aromatic carbocycles. The fourth-order valence-corrected chi connectivity index (χ4v) is 1.91. The van der Waals surface area contributed by atoms with Crippen LogP contribution in [0.4, 0.5) is 0 Å². The maximum Gasteiger partial charge on any atom is 0.0566 e. The zero-order valence-electron chi connectivity index (χ0n) is 5.42. The van der Waals surface area contributed by atoms with Crippen LogP contribution in [0.15, 0.2) is 18.3 Å². The zero-order valence-corrected chi connectivity index (χ0v) is 6.24. The molecule has 0 unspecified atom stereocenters. The molecule has 2 nitrogen and oxygen atoms in total. The van der Waals surface area contributed by atoms with Crippen LogP contribution in [0.3, 0.4) is 0 Å². The minimum Gasteiger partial charge on any atom is -0.360 e. The summed E-state index contributed by atoms with van der Waals surface area (Å²) in [5.74, 6) is 0. The van der Waals surface area contributed by atoms with Gasteiger partial charge >= 0.3 is 0 Å². The van der Waals surface area contributed by atoms with Crippen LogP contribution in [0.5, 0.6) is 0 Å². The zero-order chi connectivity index (χ0) is 6.97. The number of hydrogen-bond donors (Lipinski definition) is 2. The lowest BCUT2D eigenvalue weighted by Crippen LogP contribution is -1.91. The monoisotopic (exact) mass is 152 g/mol. The van der Waals surface area contributed by atoms with Gasteiger partial charge in [-0.3, -0.25) is 0 Å². The normalized spacial score (nSPS) is 10.9. The number of aromatic amines is 1. The van der Waals surface area contributed by atoms with Crippen molar-refractivity contribution in [3.05, 3.63) is 23.2 Å². The lowest BCUT2D eigenvalue weighted by Gasteiger charge is -1.81. The first-order valence-electron chi connectivity index (χ1n) is 3.16. The quantitative estimate of drug-likeness (QED) is 0.641. The van der Waals surface area contributed by atoms with E-state index < -0.39 is 0 Å². The van der Waals surface area contributed by atoms with Gasteiger partial charge in [-0.25, -0.2) is 0 Å². The fraction of sp³-hybridized carbons (Fsp3) is 0.143. The molecule has 10 heavy (non-hydrogen) atoms. The summed E-state index contributed by atoms with van der Waals surface area (Å²) in [6.07, 6.45) is 1.95. The van der Waals surface area contributed by atoms with Crippen LogP contribution in [-0.2, 0) is 6.54 Å². The molecule has 2 aromatic heterocycles. The van der Waals surface area contributed by atoms with Crippen LogP contribution >= 0.6 is 11.3 Å². The summed E-state index contributed by atoms with van der Waals surface area (Å²) in [5, 5.41) is 0. The Morgan fingerprint density at radius 3 is 3.20 bits per heavy atom. The molecular weight excluding hydrogens is 144 g/mol. The SMILES string of the molecule is NCc1cc2[nH]ccc2s1. The van der Waals surface area contributed by atoms with Gasteiger partial charge in [-0.1, -0.05) is 0 Å². The summed E-state index contributed by atoms with van der Waals surface area (Å²) in [6.45, 7) is 0.646. The standard InChI is InChI=1S/C7H8N2S/c8-4-5-3-6-7(10-5)1-2-9-6/h1-3,9H,4,8H2. The second-order valence-corrected chi connectivity index (χ2v) is 3.34. The highest BCUT2D eigenvalue weighted by Gasteiger charge is 1.98. The summed E-state index contributed by atoms with van der Waals surface area (Å²) in [7, 11) is 0. The summed E-state index contributed by atoms with van der Waals surface area (Å²) < 4.78 is 1.29. The third-order valence-electron chi connectivity index (χ3n) is 1.49. The molecule has 2 heterocycles. The lowest BCUT2D eigenvalue weighted by atomic mass is 10.4.